The molecule has 0 amide bonds. The zero-order chi connectivity index (χ0) is 13.8. The largest absolute Gasteiger partial charge is 0.508 e. The maximum Gasteiger partial charge on any atom is 0.274 e. The lowest BCUT2D eigenvalue weighted by molar-refractivity contribution is -0.385. The fraction of sp³-hybridized carbons (Fsp3) is 0.385. The molecule has 2 N–H and O–H groups in total. The molecule has 0 aromatic heterocycles. The highest BCUT2D eigenvalue weighted by atomic mass is 16.6. The minimum absolute atomic E-state index is 0.0150. The lowest BCUT2D eigenvalue weighted by Crippen LogP contribution is -2.44. The van der Waals surface area contributed by atoms with Gasteiger partial charge in [-0.2, -0.15) is 0 Å². The molecule has 0 spiro atoms. The van der Waals surface area contributed by atoms with Crippen LogP contribution in [0.4, 0.5) is 5.69 Å². The van der Waals surface area contributed by atoms with Gasteiger partial charge in [0.15, 0.2) is 0 Å². The van der Waals surface area contributed by atoms with Gasteiger partial charge in [-0.05, 0) is 12.1 Å². The Morgan fingerprint density at radius 3 is 2.74 bits per heavy atom. The van der Waals surface area contributed by atoms with Crippen molar-refractivity contribution >= 4 is 5.69 Å². The van der Waals surface area contributed by atoms with Crippen molar-refractivity contribution in [1.29, 1.82) is 0 Å². The number of nitrogens with zero attached hydrogens (tertiary/aromatic N) is 2. The number of nitro benzene ring substituents is 1. The molecule has 1 fully saturated rings. The van der Waals surface area contributed by atoms with Crippen LogP contribution in [-0.2, 0) is 0 Å². The number of hydrogen-bond donors (Lipinski definition) is 2. The number of rotatable bonds is 4. The summed E-state index contributed by atoms with van der Waals surface area (Å²) in [6.07, 6.45) is 1.69. The third-order valence-corrected chi connectivity index (χ3v) is 3.29. The number of hydrogen-bond acceptors (Lipinski definition) is 5. The summed E-state index contributed by atoms with van der Waals surface area (Å²) in [5.41, 5.74) is 0.503. The van der Waals surface area contributed by atoms with E-state index in [4.69, 9.17) is 0 Å². The number of phenols is 1. The first-order valence-electron chi connectivity index (χ1n) is 6.18. The number of benzene rings is 1. The van der Waals surface area contributed by atoms with Crippen LogP contribution < -0.4 is 5.32 Å². The molecule has 19 heavy (non-hydrogen) atoms. The molecule has 6 nitrogen and oxygen atoms in total. The molecule has 1 saturated heterocycles. The van der Waals surface area contributed by atoms with E-state index >= 15 is 0 Å². The molecule has 1 atom stereocenters. The van der Waals surface area contributed by atoms with Crippen molar-refractivity contribution in [2.75, 3.05) is 26.2 Å². The van der Waals surface area contributed by atoms with Gasteiger partial charge in [0.05, 0.1) is 16.5 Å². The van der Waals surface area contributed by atoms with Gasteiger partial charge in [0, 0.05) is 32.2 Å². The Morgan fingerprint density at radius 2 is 2.16 bits per heavy atom. The summed E-state index contributed by atoms with van der Waals surface area (Å²) in [7, 11) is 0. The highest BCUT2D eigenvalue weighted by Gasteiger charge is 2.26. The molecule has 0 bridgehead atoms. The predicted octanol–water partition coefficient (Wildman–Crippen LogP) is 1.43. The maximum atomic E-state index is 11.1. The molecule has 1 aromatic carbocycles. The highest BCUT2D eigenvalue weighted by molar-refractivity contribution is 5.48. The van der Waals surface area contributed by atoms with E-state index in [9.17, 15) is 15.2 Å². The van der Waals surface area contributed by atoms with Crippen molar-refractivity contribution in [3.8, 4) is 5.75 Å². The van der Waals surface area contributed by atoms with Gasteiger partial charge < -0.3 is 10.4 Å². The molecule has 0 unspecified atom stereocenters. The topological polar surface area (TPSA) is 78.6 Å². The first kappa shape index (κ1) is 13.5. The van der Waals surface area contributed by atoms with Gasteiger partial charge in [0.2, 0.25) is 0 Å². The fourth-order valence-electron chi connectivity index (χ4n) is 2.38. The Bertz CT molecular complexity index is 484. The number of phenolic OH excluding ortho intramolecular Hbond substituents is 1. The molecule has 1 aliphatic rings. The predicted molar refractivity (Wildman–Crippen MR) is 72.1 cm³/mol. The molecule has 1 aliphatic heterocycles. The lowest BCUT2D eigenvalue weighted by atomic mass is 10.0. The van der Waals surface area contributed by atoms with Gasteiger partial charge in [0.25, 0.3) is 5.69 Å². The van der Waals surface area contributed by atoms with Crippen molar-refractivity contribution in [2.45, 2.75) is 6.04 Å². The van der Waals surface area contributed by atoms with E-state index in [1.54, 1.807) is 6.08 Å². The minimum atomic E-state index is -0.423. The zero-order valence-corrected chi connectivity index (χ0v) is 10.6. The normalized spacial score (nSPS) is 17.9. The van der Waals surface area contributed by atoms with Crippen LogP contribution in [0.2, 0.25) is 0 Å². The first-order valence-corrected chi connectivity index (χ1v) is 6.18. The SMILES string of the molecule is C=C[C@H](c1cc(O)ccc1[N+](=O)[O-])N1CCNCC1. The van der Waals surface area contributed by atoms with Gasteiger partial charge in [-0.25, -0.2) is 0 Å². The Labute approximate surface area is 111 Å². The van der Waals surface area contributed by atoms with E-state index in [-0.39, 0.29) is 17.5 Å². The first-order chi connectivity index (χ1) is 9.13. The van der Waals surface area contributed by atoms with E-state index in [1.165, 1.54) is 18.2 Å². The Hall–Kier alpha value is -1.92. The number of nitrogens with one attached hydrogen (secondary N) is 1. The summed E-state index contributed by atoms with van der Waals surface area (Å²) < 4.78 is 0. The van der Waals surface area contributed by atoms with Gasteiger partial charge >= 0.3 is 0 Å². The zero-order valence-electron chi connectivity index (χ0n) is 10.6. The minimum Gasteiger partial charge on any atom is -0.508 e. The molecular weight excluding hydrogens is 246 g/mol. The number of piperazine rings is 1. The van der Waals surface area contributed by atoms with E-state index < -0.39 is 4.92 Å². The molecule has 1 heterocycles. The van der Waals surface area contributed by atoms with Crippen LogP contribution in [0.25, 0.3) is 0 Å². The third kappa shape index (κ3) is 2.91. The van der Waals surface area contributed by atoms with Crippen molar-refractivity contribution in [2.24, 2.45) is 0 Å². The fourth-order valence-corrected chi connectivity index (χ4v) is 2.38. The summed E-state index contributed by atoms with van der Waals surface area (Å²) >= 11 is 0. The van der Waals surface area contributed by atoms with Crippen molar-refractivity contribution in [3.63, 3.8) is 0 Å². The molecule has 2 rings (SSSR count). The average Bonchev–Trinajstić information content (AvgIpc) is 2.40. The lowest BCUT2D eigenvalue weighted by Gasteiger charge is -2.33. The van der Waals surface area contributed by atoms with Gasteiger partial charge in [-0.3, -0.25) is 15.0 Å². The van der Waals surface area contributed by atoms with Crippen LogP contribution in [0.15, 0.2) is 30.9 Å². The number of nitro groups is 1. The van der Waals surface area contributed by atoms with Crippen molar-refractivity contribution < 1.29 is 10.0 Å². The Morgan fingerprint density at radius 1 is 1.47 bits per heavy atom. The molecule has 0 saturated carbocycles. The standard InChI is InChI=1S/C13H17N3O3/c1-2-12(15-7-5-14-6-8-15)11-9-10(17)3-4-13(11)16(18)19/h2-4,9,12,14,17H,1,5-8H2/t12-/m1/s1. The molecular formula is C13H17N3O3. The summed E-state index contributed by atoms with van der Waals surface area (Å²) in [4.78, 5) is 12.8. The summed E-state index contributed by atoms with van der Waals surface area (Å²) in [6, 6.07) is 3.87. The number of aromatic hydroxyl groups is 1. The second-order valence-corrected chi connectivity index (χ2v) is 4.47. The highest BCUT2D eigenvalue weighted by Crippen LogP contribution is 2.33. The molecule has 0 aliphatic carbocycles. The van der Waals surface area contributed by atoms with Gasteiger partial charge in [0.1, 0.15) is 5.75 Å². The molecule has 6 heteroatoms. The second-order valence-electron chi connectivity index (χ2n) is 4.47. The Balaban J connectivity index is 2.38. The van der Waals surface area contributed by atoms with Crippen LogP contribution in [0.1, 0.15) is 11.6 Å². The van der Waals surface area contributed by atoms with Crippen LogP contribution >= 0.6 is 0 Å². The van der Waals surface area contributed by atoms with E-state index in [1.807, 2.05) is 0 Å². The van der Waals surface area contributed by atoms with E-state index in [0.717, 1.165) is 26.2 Å². The second kappa shape index (κ2) is 5.81. The maximum absolute atomic E-state index is 11.1. The summed E-state index contributed by atoms with van der Waals surface area (Å²) in [5.74, 6) is 0.0302. The van der Waals surface area contributed by atoms with E-state index in [0.29, 0.717) is 5.56 Å². The quantitative estimate of drug-likeness (QED) is 0.488. The van der Waals surface area contributed by atoms with Crippen LogP contribution in [0.3, 0.4) is 0 Å². The monoisotopic (exact) mass is 263 g/mol. The Kier molecular flexibility index (Phi) is 4.13. The van der Waals surface area contributed by atoms with Crippen LogP contribution in [0.5, 0.6) is 5.75 Å². The molecule has 0 radical (unpaired) electrons. The van der Waals surface area contributed by atoms with Crippen LogP contribution in [-0.4, -0.2) is 41.1 Å². The van der Waals surface area contributed by atoms with Crippen molar-refractivity contribution in [3.05, 3.63) is 46.5 Å². The van der Waals surface area contributed by atoms with Crippen LogP contribution in [0, 0.1) is 10.1 Å². The van der Waals surface area contributed by atoms with E-state index in [2.05, 4.69) is 16.8 Å². The van der Waals surface area contributed by atoms with Gasteiger partial charge in [-0.15, -0.1) is 6.58 Å². The summed E-state index contributed by atoms with van der Waals surface area (Å²) in [5, 5.41) is 23.9. The smallest absolute Gasteiger partial charge is 0.274 e. The molecule has 1 aromatic rings. The summed E-state index contributed by atoms with van der Waals surface area (Å²) in [6.45, 7) is 7.06. The van der Waals surface area contributed by atoms with Crippen molar-refractivity contribution in [1.82, 2.24) is 10.2 Å². The third-order valence-electron chi connectivity index (χ3n) is 3.29. The molecule has 102 valence electrons. The average molecular weight is 263 g/mol. The van der Waals surface area contributed by atoms with Gasteiger partial charge in [-0.1, -0.05) is 6.08 Å².